The monoisotopic (exact) mass is 504 g/mol. The minimum Gasteiger partial charge on any atom is -0.496 e. The number of nitrogens with one attached hydrogen (secondary N) is 1. The maximum Gasteiger partial charge on any atom is 0.407 e. The van der Waals surface area contributed by atoms with Crippen LogP contribution in [0.4, 0.5) is 10.5 Å². The number of ether oxygens (including phenoxy) is 2. The van der Waals surface area contributed by atoms with Crippen molar-refractivity contribution in [1.82, 2.24) is 5.32 Å². The van der Waals surface area contributed by atoms with Crippen LogP contribution in [0.3, 0.4) is 0 Å². The molecule has 0 saturated heterocycles. The number of amides is 1. The molecule has 0 aliphatic rings. The lowest BCUT2D eigenvalue weighted by Gasteiger charge is -2.31. The first-order valence-corrected chi connectivity index (χ1v) is 12.1. The highest BCUT2D eigenvalue weighted by atomic mass is 35.5. The molecule has 1 rings (SSSR count). The van der Waals surface area contributed by atoms with Gasteiger partial charge in [-0.15, -0.1) is 23.2 Å². The second kappa shape index (κ2) is 13.1. The van der Waals surface area contributed by atoms with E-state index in [4.69, 9.17) is 32.7 Å². The van der Waals surface area contributed by atoms with E-state index >= 15 is 0 Å². The molecule has 0 aliphatic carbocycles. The summed E-state index contributed by atoms with van der Waals surface area (Å²) in [5.41, 5.74) is 0.974. The number of anilines is 1. The van der Waals surface area contributed by atoms with Gasteiger partial charge < -0.3 is 24.8 Å². The number of alkyl halides is 2. The zero-order valence-electron chi connectivity index (χ0n) is 20.5. The molecule has 1 atom stereocenters. The minimum atomic E-state index is -0.982. The molecule has 9 heteroatoms. The SMILES string of the molecule is COc1ccc(N(CCCl)CCCl)cc1CC(C)(C)C[C@H](CC(=O)O)NC(=O)OC(C)(C)C. The number of methoxy groups -OCH3 is 1. The minimum absolute atomic E-state index is 0.195. The van der Waals surface area contributed by atoms with Crippen LogP contribution in [0.1, 0.15) is 53.0 Å². The van der Waals surface area contributed by atoms with Crippen molar-refractivity contribution in [2.24, 2.45) is 5.41 Å². The Morgan fingerprint density at radius 2 is 1.73 bits per heavy atom. The van der Waals surface area contributed by atoms with Crippen molar-refractivity contribution in [3.63, 3.8) is 0 Å². The Kier molecular flexibility index (Phi) is 11.6. The molecule has 0 fully saturated rings. The summed E-state index contributed by atoms with van der Waals surface area (Å²) in [6.07, 6.45) is 0.242. The van der Waals surface area contributed by atoms with Gasteiger partial charge in [-0.25, -0.2) is 4.79 Å². The third-order valence-corrected chi connectivity index (χ3v) is 5.29. The van der Waals surface area contributed by atoms with Gasteiger partial charge in [0.15, 0.2) is 0 Å². The number of nitrogens with zero attached hydrogens (tertiary/aromatic N) is 1. The van der Waals surface area contributed by atoms with E-state index < -0.39 is 23.7 Å². The Morgan fingerprint density at radius 1 is 1.12 bits per heavy atom. The summed E-state index contributed by atoms with van der Waals surface area (Å²) in [4.78, 5) is 25.8. The van der Waals surface area contributed by atoms with Gasteiger partial charge >= 0.3 is 12.1 Å². The topological polar surface area (TPSA) is 88.1 Å². The first kappa shape index (κ1) is 29.2. The van der Waals surface area contributed by atoms with E-state index in [9.17, 15) is 14.7 Å². The van der Waals surface area contributed by atoms with Crippen molar-refractivity contribution in [3.05, 3.63) is 23.8 Å². The summed E-state index contributed by atoms with van der Waals surface area (Å²) >= 11 is 11.9. The summed E-state index contributed by atoms with van der Waals surface area (Å²) in [6.45, 7) is 10.7. The number of hydrogen-bond donors (Lipinski definition) is 2. The Balaban J connectivity index is 3.09. The highest BCUT2D eigenvalue weighted by Crippen LogP contribution is 2.34. The molecule has 2 N–H and O–H groups in total. The van der Waals surface area contributed by atoms with Crippen molar-refractivity contribution in [2.75, 3.05) is 36.9 Å². The molecule has 0 aromatic heterocycles. The highest BCUT2D eigenvalue weighted by Gasteiger charge is 2.29. The van der Waals surface area contributed by atoms with Gasteiger partial charge in [-0.05, 0) is 62.8 Å². The van der Waals surface area contributed by atoms with Crippen molar-refractivity contribution < 1.29 is 24.2 Å². The third-order valence-electron chi connectivity index (χ3n) is 4.95. The van der Waals surface area contributed by atoms with Crippen LogP contribution in [0.2, 0.25) is 0 Å². The first-order chi connectivity index (χ1) is 15.3. The van der Waals surface area contributed by atoms with E-state index in [1.54, 1.807) is 27.9 Å². The normalized spacial score (nSPS) is 12.7. The highest BCUT2D eigenvalue weighted by molar-refractivity contribution is 6.18. The second-order valence-corrected chi connectivity index (χ2v) is 10.6. The molecular weight excluding hydrogens is 467 g/mol. The molecule has 188 valence electrons. The summed E-state index contributed by atoms with van der Waals surface area (Å²) in [5.74, 6) is 0.732. The zero-order valence-corrected chi connectivity index (χ0v) is 22.1. The van der Waals surface area contributed by atoms with Gasteiger partial charge in [0.2, 0.25) is 0 Å². The molecule has 1 amide bonds. The van der Waals surface area contributed by atoms with E-state index in [0.29, 0.717) is 37.7 Å². The number of halogens is 2. The molecule has 0 bridgehead atoms. The number of rotatable bonds is 13. The number of aliphatic carboxylic acids is 1. The maximum atomic E-state index is 12.3. The van der Waals surface area contributed by atoms with Crippen LogP contribution in [0.15, 0.2) is 18.2 Å². The predicted molar refractivity (Wildman–Crippen MR) is 134 cm³/mol. The van der Waals surface area contributed by atoms with E-state index in [1.165, 1.54) is 0 Å². The van der Waals surface area contributed by atoms with Crippen molar-refractivity contribution in [2.45, 2.75) is 65.5 Å². The number of alkyl carbamates (subject to hydrolysis) is 1. The van der Waals surface area contributed by atoms with E-state index in [-0.39, 0.29) is 11.8 Å². The molecule has 0 aliphatic heterocycles. The number of hydrogen-bond acceptors (Lipinski definition) is 5. The van der Waals surface area contributed by atoms with Crippen LogP contribution in [0.25, 0.3) is 0 Å². The number of carbonyl (C=O) groups is 2. The van der Waals surface area contributed by atoms with Gasteiger partial charge in [0.1, 0.15) is 11.4 Å². The number of carboxylic acid groups (broad SMARTS) is 1. The maximum absolute atomic E-state index is 12.3. The molecule has 0 radical (unpaired) electrons. The Hall–Kier alpha value is -1.86. The summed E-state index contributed by atoms with van der Waals surface area (Å²) in [6, 6.07) is 5.38. The average molecular weight is 505 g/mol. The van der Waals surface area contributed by atoms with Gasteiger partial charge in [-0.1, -0.05) is 13.8 Å². The van der Waals surface area contributed by atoms with E-state index in [1.807, 2.05) is 26.0 Å². The molecule has 1 aromatic carbocycles. The number of benzene rings is 1. The van der Waals surface area contributed by atoms with Crippen molar-refractivity contribution >= 4 is 41.0 Å². The summed E-state index contributed by atoms with van der Waals surface area (Å²) < 4.78 is 10.9. The fraction of sp³-hybridized carbons (Fsp3) is 0.667. The predicted octanol–water partition coefficient (Wildman–Crippen LogP) is 5.31. The molecule has 0 saturated carbocycles. The quantitative estimate of drug-likeness (QED) is 0.354. The Labute approximate surface area is 207 Å². The molecule has 33 heavy (non-hydrogen) atoms. The molecule has 7 nitrogen and oxygen atoms in total. The van der Waals surface area contributed by atoms with E-state index in [0.717, 1.165) is 17.0 Å². The van der Waals surface area contributed by atoms with Crippen molar-refractivity contribution in [1.29, 1.82) is 0 Å². The van der Waals surface area contributed by atoms with Crippen molar-refractivity contribution in [3.8, 4) is 5.75 Å². The third kappa shape index (κ3) is 11.2. The van der Waals surface area contributed by atoms with Crippen LogP contribution in [0.5, 0.6) is 5.75 Å². The molecule has 0 spiro atoms. The lowest BCUT2D eigenvalue weighted by molar-refractivity contribution is -0.137. The van der Waals surface area contributed by atoms with Crippen LogP contribution < -0.4 is 15.0 Å². The smallest absolute Gasteiger partial charge is 0.407 e. The summed E-state index contributed by atoms with van der Waals surface area (Å²) in [5, 5.41) is 12.1. The zero-order chi connectivity index (χ0) is 25.2. The molecule has 0 heterocycles. The van der Waals surface area contributed by atoms with Crippen LogP contribution in [-0.4, -0.2) is 60.8 Å². The Bertz CT molecular complexity index is 775. The summed E-state index contributed by atoms with van der Waals surface area (Å²) in [7, 11) is 1.62. The van der Waals surface area contributed by atoms with Gasteiger partial charge in [0.25, 0.3) is 0 Å². The fourth-order valence-corrected chi connectivity index (χ4v) is 4.20. The standard InChI is InChI=1S/C24H38Cl2N2O5/c1-23(2,3)33-22(31)27-18(14-21(29)30)16-24(4,5)15-17-13-19(7-8-20(17)32-6)28(11-9-25)12-10-26/h7-8,13,18H,9-12,14-16H2,1-6H3,(H,27,31)(H,29,30)/t18-/m0/s1. The van der Waals surface area contributed by atoms with Gasteiger partial charge in [0.05, 0.1) is 13.5 Å². The Morgan fingerprint density at radius 3 is 2.21 bits per heavy atom. The number of carboxylic acids is 1. The van der Waals surface area contributed by atoms with Crippen LogP contribution >= 0.6 is 23.2 Å². The lowest BCUT2D eigenvalue weighted by Crippen LogP contribution is -2.42. The van der Waals surface area contributed by atoms with Crippen LogP contribution in [-0.2, 0) is 16.0 Å². The lowest BCUT2D eigenvalue weighted by atomic mass is 9.79. The first-order valence-electron chi connectivity index (χ1n) is 11.1. The number of carbonyl (C=O) groups excluding carboxylic acids is 1. The fourth-order valence-electron chi connectivity index (χ4n) is 3.79. The van der Waals surface area contributed by atoms with Gasteiger partial charge in [-0.3, -0.25) is 4.79 Å². The molecular formula is C24H38Cl2N2O5. The van der Waals surface area contributed by atoms with Gasteiger partial charge in [-0.2, -0.15) is 0 Å². The second-order valence-electron chi connectivity index (χ2n) is 9.85. The average Bonchev–Trinajstić information content (AvgIpc) is 2.64. The molecule has 0 unspecified atom stereocenters. The van der Waals surface area contributed by atoms with E-state index in [2.05, 4.69) is 16.3 Å². The van der Waals surface area contributed by atoms with Gasteiger partial charge in [0, 0.05) is 36.6 Å². The van der Waals surface area contributed by atoms with Crippen LogP contribution in [0, 0.1) is 5.41 Å². The molecule has 1 aromatic rings. The largest absolute Gasteiger partial charge is 0.496 e.